The smallest absolute Gasteiger partial charge is 0.245 e. The largest absolute Gasteiger partial charge is 0.489 e. The van der Waals surface area contributed by atoms with E-state index in [4.69, 9.17) is 4.74 Å². The normalized spacial score (nSPS) is 18.0. The van der Waals surface area contributed by atoms with E-state index in [9.17, 15) is 9.59 Å². The zero-order chi connectivity index (χ0) is 28.3. The van der Waals surface area contributed by atoms with Gasteiger partial charge in [0.1, 0.15) is 18.4 Å². The van der Waals surface area contributed by atoms with Crippen LogP contribution in [0.2, 0.25) is 0 Å². The van der Waals surface area contributed by atoms with Crippen LogP contribution in [0, 0.1) is 5.92 Å². The number of nitrogens with zero attached hydrogens (tertiary/aromatic N) is 2. The minimum Gasteiger partial charge on any atom is -0.489 e. The molecule has 40 heavy (non-hydrogen) atoms. The highest BCUT2D eigenvalue weighted by Gasteiger charge is 2.34. The van der Waals surface area contributed by atoms with Gasteiger partial charge in [-0.2, -0.15) is 0 Å². The standard InChI is InChI=1S/C34H49N3O3/c1-26(2)23-32(36(3)29-15-9-5-10-16-29)33(38)35-31(34(39)37-21-11-6-12-22-37)24-27-17-19-30(20-18-27)40-25-28-13-7-4-8-14-28/h4,7-8,13-14,17-20,26,29,31-32H,5-6,9-12,15-16,21-25H2,1-3H3,(H,35,38)/t31-,32-/m0/s1. The first-order chi connectivity index (χ1) is 19.4. The monoisotopic (exact) mass is 547 g/mol. The van der Waals surface area contributed by atoms with Gasteiger partial charge in [0.05, 0.1) is 6.04 Å². The number of benzene rings is 2. The lowest BCUT2D eigenvalue weighted by molar-refractivity contribution is -0.139. The van der Waals surface area contributed by atoms with Gasteiger partial charge in [-0.05, 0) is 74.8 Å². The zero-order valence-electron chi connectivity index (χ0n) is 24.8. The lowest BCUT2D eigenvalue weighted by atomic mass is 9.91. The molecule has 1 saturated heterocycles. The van der Waals surface area contributed by atoms with Crippen molar-refractivity contribution in [1.29, 1.82) is 0 Å². The van der Waals surface area contributed by atoms with Gasteiger partial charge in [-0.15, -0.1) is 0 Å². The molecule has 1 aliphatic heterocycles. The average Bonchev–Trinajstić information content (AvgIpc) is 2.99. The molecule has 1 N–H and O–H groups in total. The number of amides is 2. The summed E-state index contributed by atoms with van der Waals surface area (Å²) in [6.45, 7) is 6.40. The summed E-state index contributed by atoms with van der Waals surface area (Å²) >= 11 is 0. The predicted octanol–water partition coefficient (Wildman–Crippen LogP) is 5.98. The molecular formula is C34H49N3O3. The molecule has 0 bridgehead atoms. The fourth-order valence-electron chi connectivity index (χ4n) is 6.15. The van der Waals surface area contributed by atoms with Crippen molar-refractivity contribution in [3.05, 3.63) is 65.7 Å². The van der Waals surface area contributed by atoms with Gasteiger partial charge in [0.2, 0.25) is 11.8 Å². The van der Waals surface area contributed by atoms with E-state index < -0.39 is 6.04 Å². The molecule has 218 valence electrons. The second-order valence-electron chi connectivity index (χ2n) is 12.2. The summed E-state index contributed by atoms with van der Waals surface area (Å²) in [5.41, 5.74) is 2.14. The maximum atomic E-state index is 13.9. The SMILES string of the molecule is CC(C)C[C@@H](C(=O)N[C@@H](Cc1ccc(OCc2ccccc2)cc1)C(=O)N1CCCCC1)N(C)C1CCCCC1. The molecule has 2 aromatic rings. The summed E-state index contributed by atoms with van der Waals surface area (Å²) in [6.07, 6.45) is 10.5. The number of rotatable bonds is 12. The number of likely N-dealkylation sites (N-methyl/N-ethyl adjacent to an activating group) is 1. The number of hydrogen-bond acceptors (Lipinski definition) is 4. The third-order valence-corrected chi connectivity index (χ3v) is 8.53. The molecule has 0 radical (unpaired) electrons. The first kappa shape index (κ1) is 30.1. The molecule has 0 aromatic heterocycles. The van der Waals surface area contributed by atoms with Crippen molar-refractivity contribution in [1.82, 2.24) is 15.1 Å². The molecule has 1 saturated carbocycles. The summed E-state index contributed by atoms with van der Waals surface area (Å²) < 4.78 is 5.96. The topological polar surface area (TPSA) is 61.9 Å². The summed E-state index contributed by atoms with van der Waals surface area (Å²) in [6, 6.07) is 17.7. The van der Waals surface area contributed by atoms with Gasteiger partial charge in [-0.3, -0.25) is 14.5 Å². The Balaban J connectivity index is 1.46. The number of ether oxygens (including phenoxy) is 1. The van der Waals surface area contributed by atoms with Crippen LogP contribution >= 0.6 is 0 Å². The maximum absolute atomic E-state index is 13.9. The molecule has 2 aromatic carbocycles. The molecule has 0 unspecified atom stereocenters. The number of hydrogen-bond donors (Lipinski definition) is 1. The number of piperidine rings is 1. The minimum absolute atomic E-state index is 0.0139. The third kappa shape index (κ3) is 8.82. The van der Waals surface area contributed by atoms with E-state index in [1.807, 2.05) is 59.5 Å². The van der Waals surface area contributed by atoms with Gasteiger partial charge in [-0.25, -0.2) is 0 Å². The van der Waals surface area contributed by atoms with Crippen molar-refractivity contribution in [2.45, 2.75) is 103 Å². The molecule has 2 fully saturated rings. The molecule has 1 aliphatic carbocycles. The number of nitrogens with one attached hydrogen (secondary N) is 1. The lowest BCUT2D eigenvalue weighted by Gasteiger charge is -2.38. The molecule has 4 rings (SSSR count). The average molecular weight is 548 g/mol. The first-order valence-corrected chi connectivity index (χ1v) is 15.5. The molecule has 2 amide bonds. The Bertz CT molecular complexity index is 1040. The minimum atomic E-state index is -0.573. The molecule has 2 aliphatic rings. The van der Waals surface area contributed by atoms with E-state index in [1.165, 1.54) is 19.3 Å². The number of likely N-dealkylation sites (tertiary alicyclic amines) is 1. The molecule has 1 heterocycles. The molecule has 2 atom stereocenters. The van der Waals surface area contributed by atoms with Crippen LogP contribution in [0.1, 0.15) is 82.8 Å². The Kier molecular flexibility index (Phi) is 11.5. The van der Waals surface area contributed by atoms with Gasteiger partial charge in [-0.1, -0.05) is 75.6 Å². The highest BCUT2D eigenvalue weighted by Crippen LogP contribution is 2.25. The van der Waals surface area contributed by atoms with E-state index in [2.05, 4.69) is 31.1 Å². The van der Waals surface area contributed by atoms with Gasteiger partial charge < -0.3 is 15.0 Å². The van der Waals surface area contributed by atoms with Gasteiger partial charge in [0, 0.05) is 25.6 Å². The fraction of sp³-hybridized carbons (Fsp3) is 0.588. The second kappa shape index (κ2) is 15.2. The Morgan fingerprint density at radius 3 is 2.20 bits per heavy atom. The number of carbonyl (C=O) groups excluding carboxylic acids is 2. The molecule has 6 heteroatoms. The van der Waals surface area contributed by atoms with Crippen LogP contribution in [0.4, 0.5) is 0 Å². The van der Waals surface area contributed by atoms with E-state index >= 15 is 0 Å². The van der Waals surface area contributed by atoms with Crippen molar-refractivity contribution in [2.24, 2.45) is 5.92 Å². The van der Waals surface area contributed by atoms with Gasteiger partial charge >= 0.3 is 0 Å². The van der Waals surface area contributed by atoms with Crippen LogP contribution in [0.25, 0.3) is 0 Å². The first-order valence-electron chi connectivity index (χ1n) is 15.5. The van der Waals surface area contributed by atoms with E-state index in [-0.39, 0.29) is 17.9 Å². The van der Waals surface area contributed by atoms with Crippen molar-refractivity contribution >= 4 is 11.8 Å². The highest BCUT2D eigenvalue weighted by atomic mass is 16.5. The van der Waals surface area contributed by atoms with E-state index in [1.54, 1.807) is 0 Å². The van der Waals surface area contributed by atoms with Crippen LogP contribution in [0.15, 0.2) is 54.6 Å². The Hall–Kier alpha value is -2.86. The van der Waals surface area contributed by atoms with Crippen LogP contribution in [0.5, 0.6) is 5.75 Å². The Morgan fingerprint density at radius 2 is 1.55 bits per heavy atom. The maximum Gasteiger partial charge on any atom is 0.245 e. The summed E-state index contributed by atoms with van der Waals surface area (Å²) in [7, 11) is 2.11. The zero-order valence-corrected chi connectivity index (χ0v) is 24.8. The van der Waals surface area contributed by atoms with Crippen molar-refractivity contribution in [3.63, 3.8) is 0 Å². The lowest BCUT2D eigenvalue weighted by Crippen LogP contribution is -2.56. The van der Waals surface area contributed by atoms with Gasteiger partial charge in [0.25, 0.3) is 0 Å². The predicted molar refractivity (Wildman–Crippen MR) is 161 cm³/mol. The Morgan fingerprint density at radius 1 is 0.900 bits per heavy atom. The molecular weight excluding hydrogens is 498 g/mol. The third-order valence-electron chi connectivity index (χ3n) is 8.53. The van der Waals surface area contributed by atoms with Crippen LogP contribution < -0.4 is 10.1 Å². The molecule has 6 nitrogen and oxygen atoms in total. The van der Waals surface area contributed by atoms with Crippen LogP contribution in [-0.2, 0) is 22.6 Å². The highest BCUT2D eigenvalue weighted by molar-refractivity contribution is 5.90. The van der Waals surface area contributed by atoms with E-state index in [0.717, 1.165) is 68.5 Å². The quantitative estimate of drug-likeness (QED) is 0.355. The van der Waals surface area contributed by atoms with Crippen molar-refractivity contribution in [3.8, 4) is 5.75 Å². The molecule has 0 spiro atoms. The van der Waals surface area contributed by atoms with E-state index in [0.29, 0.717) is 25.0 Å². The summed E-state index contributed by atoms with van der Waals surface area (Å²) in [4.78, 5) is 31.9. The van der Waals surface area contributed by atoms with Crippen molar-refractivity contribution < 1.29 is 14.3 Å². The summed E-state index contributed by atoms with van der Waals surface area (Å²) in [5.74, 6) is 1.21. The van der Waals surface area contributed by atoms with Crippen LogP contribution in [0.3, 0.4) is 0 Å². The van der Waals surface area contributed by atoms with Gasteiger partial charge in [0.15, 0.2) is 0 Å². The Labute approximate surface area is 241 Å². The summed E-state index contributed by atoms with van der Waals surface area (Å²) in [5, 5.41) is 3.25. The van der Waals surface area contributed by atoms with Crippen molar-refractivity contribution in [2.75, 3.05) is 20.1 Å². The second-order valence-corrected chi connectivity index (χ2v) is 12.2. The van der Waals surface area contributed by atoms with Crippen LogP contribution in [-0.4, -0.2) is 59.9 Å². The fourth-order valence-corrected chi connectivity index (χ4v) is 6.15. The number of carbonyl (C=O) groups is 2.